The van der Waals surface area contributed by atoms with Crippen LogP contribution in [0.15, 0.2) is 59.8 Å². The van der Waals surface area contributed by atoms with Crippen LogP contribution in [0, 0.1) is 0 Å². The van der Waals surface area contributed by atoms with Crippen LogP contribution >= 0.6 is 0 Å². The number of hydrogen-bond acceptors (Lipinski definition) is 7. The summed E-state index contributed by atoms with van der Waals surface area (Å²) in [5, 5.41) is 3.90. The summed E-state index contributed by atoms with van der Waals surface area (Å²) in [7, 11) is 3.03. The van der Waals surface area contributed by atoms with E-state index < -0.39 is 12.3 Å². The fraction of sp³-hybridized carbons (Fsp3) is 0.143. The lowest BCUT2D eigenvalue weighted by atomic mass is 10.2. The number of rotatable bonds is 7. The number of hydrogen-bond donors (Lipinski definition) is 1. The molecule has 2 aromatic carbocycles. The van der Waals surface area contributed by atoms with E-state index in [9.17, 15) is 18.0 Å². The summed E-state index contributed by atoms with van der Waals surface area (Å²) in [4.78, 5) is 20.5. The van der Waals surface area contributed by atoms with Gasteiger partial charge in [-0.25, -0.2) is 15.4 Å². The summed E-state index contributed by atoms with van der Waals surface area (Å²) in [5.41, 5.74) is 3.40. The molecule has 1 amide bonds. The Balaban J connectivity index is 1.70. The standard InChI is InChI=1S/C21H17F3N4O4/c1-30-16-9-13(10-17(11-16)31-2)12-26-28-20(29)18-7-8-25-19(27-18)14-3-5-15(6-4-14)32-21(22,23)24/h3-12H,1-2H3,(H,28,29). The van der Waals surface area contributed by atoms with Gasteiger partial charge in [0.2, 0.25) is 0 Å². The predicted octanol–water partition coefficient (Wildman–Crippen LogP) is 3.82. The second-order valence-corrected chi connectivity index (χ2v) is 6.18. The van der Waals surface area contributed by atoms with Crippen LogP contribution < -0.4 is 19.6 Å². The van der Waals surface area contributed by atoms with E-state index in [1.807, 2.05) is 0 Å². The average molecular weight is 446 g/mol. The number of hydrazone groups is 1. The fourth-order valence-electron chi connectivity index (χ4n) is 2.56. The van der Waals surface area contributed by atoms with Gasteiger partial charge < -0.3 is 14.2 Å². The van der Waals surface area contributed by atoms with Crippen LogP contribution in [-0.2, 0) is 0 Å². The Labute approximate surface area is 180 Å². The molecule has 0 saturated carbocycles. The number of nitrogens with zero attached hydrogens (tertiary/aromatic N) is 3. The maximum atomic E-state index is 12.4. The molecule has 3 aromatic rings. The van der Waals surface area contributed by atoms with Crippen LogP contribution in [0.4, 0.5) is 13.2 Å². The summed E-state index contributed by atoms with van der Waals surface area (Å²) in [6.07, 6.45) is -2.02. The molecular formula is C21H17F3N4O4. The van der Waals surface area contributed by atoms with Gasteiger partial charge in [-0.05, 0) is 42.5 Å². The van der Waals surface area contributed by atoms with E-state index >= 15 is 0 Å². The summed E-state index contributed by atoms with van der Waals surface area (Å²) in [6.45, 7) is 0. The van der Waals surface area contributed by atoms with E-state index in [2.05, 4.69) is 25.2 Å². The van der Waals surface area contributed by atoms with Crippen molar-refractivity contribution in [2.75, 3.05) is 14.2 Å². The molecule has 0 saturated heterocycles. The van der Waals surface area contributed by atoms with Gasteiger partial charge >= 0.3 is 6.36 Å². The molecule has 3 rings (SSSR count). The molecule has 8 nitrogen and oxygen atoms in total. The van der Waals surface area contributed by atoms with Gasteiger partial charge in [-0.3, -0.25) is 4.79 Å². The first-order chi connectivity index (χ1) is 15.3. The van der Waals surface area contributed by atoms with Gasteiger partial charge in [0.05, 0.1) is 20.4 Å². The van der Waals surface area contributed by atoms with Crippen LogP contribution in [0.3, 0.4) is 0 Å². The van der Waals surface area contributed by atoms with Crippen molar-refractivity contribution in [1.82, 2.24) is 15.4 Å². The maximum absolute atomic E-state index is 12.4. The van der Waals surface area contributed by atoms with Crippen molar-refractivity contribution in [3.63, 3.8) is 0 Å². The Hall–Kier alpha value is -4.15. The molecular weight excluding hydrogens is 429 g/mol. The minimum absolute atomic E-state index is 0.0194. The van der Waals surface area contributed by atoms with Crippen molar-refractivity contribution >= 4 is 12.1 Å². The zero-order valence-electron chi connectivity index (χ0n) is 16.9. The number of carbonyl (C=O) groups excluding carboxylic acids is 1. The van der Waals surface area contributed by atoms with Crippen LogP contribution in [0.2, 0.25) is 0 Å². The third kappa shape index (κ3) is 6.17. The lowest BCUT2D eigenvalue weighted by Gasteiger charge is -2.09. The Bertz CT molecular complexity index is 1100. The quantitative estimate of drug-likeness (QED) is 0.438. The molecule has 1 aromatic heterocycles. The van der Waals surface area contributed by atoms with Gasteiger partial charge in [0.15, 0.2) is 5.82 Å². The van der Waals surface area contributed by atoms with Crippen molar-refractivity contribution < 1.29 is 32.2 Å². The summed E-state index contributed by atoms with van der Waals surface area (Å²) >= 11 is 0. The van der Waals surface area contributed by atoms with E-state index in [4.69, 9.17) is 9.47 Å². The smallest absolute Gasteiger partial charge is 0.497 e. The topological polar surface area (TPSA) is 94.9 Å². The van der Waals surface area contributed by atoms with Gasteiger partial charge in [-0.2, -0.15) is 5.10 Å². The van der Waals surface area contributed by atoms with Crippen molar-refractivity contribution in [2.45, 2.75) is 6.36 Å². The molecule has 1 heterocycles. The van der Waals surface area contributed by atoms with Gasteiger partial charge in [-0.15, -0.1) is 13.2 Å². The number of benzene rings is 2. The number of amides is 1. The number of methoxy groups -OCH3 is 2. The molecule has 166 valence electrons. The molecule has 0 spiro atoms. The first-order valence-electron chi connectivity index (χ1n) is 9.03. The van der Waals surface area contributed by atoms with Crippen LogP contribution in [0.1, 0.15) is 16.1 Å². The molecule has 32 heavy (non-hydrogen) atoms. The molecule has 11 heteroatoms. The normalized spacial score (nSPS) is 11.3. The lowest BCUT2D eigenvalue weighted by molar-refractivity contribution is -0.274. The molecule has 0 unspecified atom stereocenters. The zero-order chi connectivity index (χ0) is 23.1. The summed E-state index contributed by atoms with van der Waals surface area (Å²) in [5.74, 6) is 0.293. The van der Waals surface area contributed by atoms with Gasteiger partial charge in [0.1, 0.15) is 22.9 Å². The summed E-state index contributed by atoms with van der Waals surface area (Å²) in [6, 6.07) is 11.4. The maximum Gasteiger partial charge on any atom is 0.573 e. The van der Waals surface area contributed by atoms with Crippen molar-refractivity contribution in [1.29, 1.82) is 0 Å². The minimum atomic E-state index is -4.79. The fourth-order valence-corrected chi connectivity index (χ4v) is 2.56. The summed E-state index contributed by atoms with van der Waals surface area (Å²) < 4.78 is 51.0. The van der Waals surface area contributed by atoms with E-state index in [1.165, 1.54) is 44.8 Å². The van der Waals surface area contributed by atoms with E-state index in [0.29, 0.717) is 22.6 Å². The number of halogens is 3. The van der Waals surface area contributed by atoms with Crippen LogP contribution in [0.5, 0.6) is 17.2 Å². The van der Waals surface area contributed by atoms with Crippen LogP contribution in [-0.4, -0.2) is 42.7 Å². The number of aromatic nitrogens is 2. The van der Waals surface area contributed by atoms with E-state index in [0.717, 1.165) is 12.1 Å². The predicted molar refractivity (Wildman–Crippen MR) is 109 cm³/mol. The molecule has 0 aliphatic rings. The Morgan fingerprint density at radius 3 is 2.25 bits per heavy atom. The second-order valence-electron chi connectivity index (χ2n) is 6.18. The van der Waals surface area contributed by atoms with E-state index in [-0.39, 0.29) is 17.3 Å². The Kier molecular flexibility index (Phi) is 6.88. The first kappa shape index (κ1) is 22.5. The number of carbonyl (C=O) groups is 1. The monoisotopic (exact) mass is 446 g/mol. The van der Waals surface area contributed by atoms with Gasteiger partial charge in [0.25, 0.3) is 5.91 Å². The molecule has 0 radical (unpaired) electrons. The third-order valence-corrected chi connectivity index (χ3v) is 3.99. The minimum Gasteiger partial charge on any atom is -0.497 e. The molecule has 0 aliphatic carbocycles. The number of ether oxygens (including phenoxy) is 3. The zero-order valence-corrected chi connectivity index (χ0v) is 16.9. The third-order valence-electron chi connectivity index (χ3n) is 3.99. The molecule has 0 bridgehead atoms. The van der Waals surface area contributed by atoms with Crippen molar-refractivity contribution in [3.8, 4) is 28.6 Å². The molecule has 0 fully saturated rings. The molecule has 0 atom stereocenters. The largest absolute Gasteiger partial charge is 0.573 e. The highest BCUT2D eigenvalue weighted by molar-refractivity contribution is 5.93. The molecule has 1 N–H and O–H groups in total. The lowest BCUT2D eigenvalue weighted by Crippen LogP contribution is -2.19. The van der Waals surface area contributed by atoms with Crippen molar-refractivity contribution in [3.05, 3.63) is 66.0 Å². The van der Waals surface area contributed by atoms with Gasteiger partial charge in [-0.1, -0.05) is 0 Å². The van der Waals surface area contributed by atoms with E-state index in [1.54, 1.807) is 18.2 Å². The second kappa shape index (κ2) is 9.77. The van der Waals surface area contributed by atoms with Crippen LogP contribution in [0.25, 0.3) is 11.4 Å². The van der Waals surface area contributed by atoms with Crippen molar-refractivity contribution in [2.24, 2.45) is 5.10 Å². The highest BCUT2D eigenvalue weighted by Crippen LogP contribution is 2.25. The highest BCUT2D eigenvalue weighted by atomic mass is 19.4. The molecule has 0 aliphatic heterocycles. The Morgan fingerprint density at radius 1 is 1.00 bits per heavy atom. The number of nitrogens with one attached hydrogen (secondary N) is 1. The average Bonchev–Trinajstić information content (AvgIpc) is 2.78. The highest BCUT2D eigenvalue weighted by Gasteiger charge is 2.31. The number of alkyl halides is 3. The van der Waals surface area contributed by atoms with Gasteiger partial charge in [0, 0.05) is 23.4 Å². The first-order valence-corrected chi connectivity index (χ1v) is 9.03. The SMILES string of the molecule is COc1cc(C=NNC(=O)c2ccnc(-c3ccc(OC(F)(F)F)cc3)n2)cc(OC)c1. The Morgan fingerprint density at radius 2 is 1.66 bits per heavy atom.